The van der Waals surface area contributed by atoms with E-state index >= 15 is 0 Å². The predicted molar refractivity (Wildman–Crippen MR) is 85.8 cm³/mol. The number of nitrogens with zero attached hydrogens (tertiary/aromatic N) is 1. The molecule has 0 bridgehead atoms. The Labute approximate surface area is 143 Å². The molecule has 0 saturated heterocycles. The van der Waals surface area contributed by atoms with Crippen LogP contribution in [0, 0.1) is 0 Å². The largest absolute Gasteiger partial charge is 0.416 e. The van der Waals surface area contributed by atoms with Gasteiger partial charge in [0, 0.05) is 11.7 Å². The Morgan fingerprint density at radius 1 is 1.36 bits per heavy atom. The number of aliphatic hydroxyl groups excluding tert-OH is 1. The van der Waals surface area contributed by atoms with Crippen LogP contribution in [0.4, 0.5) is 18.9 Å². The summed E-state index contributed by atoms with van der Waals surface area (Å²) in [6.07, 6.45) is -5.21. The van der Waals surface area contributed by atoms with Gasteiger partial charge in [-0.1, -0.05) is 24.8 Å². The number of hydrogen-bond acceptors (Lipinski definition) is 3. The first-order valence-electron chi connectivity index (χ1n) is 7.78. The Kier molecular flexibility index (Phi) is 5.84. The molecular weight excluding hydrogens is 337 g/mol. The molecule has 1 aromatic rings. The summed E-state index contributed by atoms with van der Waals surface area (Å²) in [6.45, 7) is 2.56. The van der Waals surface area contributed by atoms with Gasteiger partial charge in [-0.2, -0.15) is 13.2 Å². The molecular formula is C17H19F3N2O3. The van der Waals surface area contributed by atoms with Crippen LogP contribution in [-0.2, 0) is 16.0 Å². The predicted octanol–water partition coefficient (Wildman–Crippen LogP) is 2.27. The first kappa shape index (κ1) is 19.0. The van der Waals surface area contributed by atoms with Crippen molar-refractivity contribution in [2.75, 3.05) is 11.9 Å². The number of nitrogens with one attached hydrogen (secondary N) is 1. The fraction of sp³-hybridized carbons (Fsp3) is 0.412. The normalized spacial score (nSPS) is 15.4. The molecule has 0 aliphatic heterocycles. The van der Waals surface area contributed by atoms with Gasteiger partial charge < -0.3 is 15.3 Å². The highest BCUT2D eigenvalue weighted by Gasteiger charge is 2.43. The van der Waals surface area contributed by atoms with Gasteiger partial charge in [0.05, 0.1) is 13.0 Å². The maximum atomic E-state index is 12.6. The minimum atomic E-state index is -4.77. The van der Waals surface area contributed by atoms with Gasteiger partial charge in [0.2, 0.25) is 11.8 Å². The number of para-hydroxylation sites is 1. The van der Waals surface area contributed by atoms with Crippen molar-refractivity contribution in [3.8, 4) is 0 Å². The maximum Gasteiger partial charge on any atom is 0.416 e. The number of aliphatic hydroxyl groups is 1. The summed E-state index contributed by atoms with van der Waals surface area (Å²) >= 11 is 0. The van der Waals surface area contributed by atoms with Crippen molar-refractivity contribution in [1.29, 1.82) is 0 Å². The Bertz CT molecular complexity index is 657. The molecule has 2 amide bonds. The molecule has 2 rings (SSSR count). The molecule has 25 heavy (non-hydrogen) atoms. The summed E-state index contributed by atoms with van der Waals surface area (Å²) in [5, 5.41) is 11.8. The number of amides is 2. The van der Waals surface area contributed by atoms with E-state index in [9.17, 15) is 27.9 Å². The van der Waals surface area contributed by atoms with Crippen LogP contribution >= 0.6 is 0 Å². The third kappa shape index (κ3) is 5.32. The molecule has 2 N–H and O–H groups in total. The lowest BCUT2D eigenvalue weighted by Gasteiger charge is -2.26. The topological polar surface area (TPSA) is 69.6 Å². The Morgan fingerprint density at radius 2 is 2.00 bits per heavy atom. The number of hydrogen-bond donors (Lipinski definition) is 2. The minimum Gasteiger partial charge on any atom is -0.382 e. The molecule has 1 saturated carbocycles. The Morgan fingerprint density at radius 3 is 2.56 bits per heavy atom. The second kappa shape index (κ2) is 7.69. The third-order valence-corrected chi connectivity index (χ3v) is 3.86. The summed E-state index contributed by atoms with van der Waals surface area (Å²) in [4.78, 5) is 25.0. The zero-order chi connectivity index (χ0) is 18.6. The molecule has 0 heterocycles. The van der Waals surface area contributed by atoms with E-state index in [1.165, 1.54) is 0 Å². The van der Waals surface area contributed by atoms with Crippen molar-refractivity contribution >= 4 is 17.5 Å². The van der Waals surface area contributed by atoms with Crippen LogP contribution < -0.4 is 5.32 Å². The molecule has 0 aromatic heterocycles. The van der Waals surface area contributed by atoms with Crippen LogP contribution in [0.2, 0.25) is 0 Å². The number of halogens is 3. The van der Waals surface area contributed by atoms with E-state index in [1.807, 2.05) is 0 Å². The summed E-state index contributed by atoms with van der Waals surface area (Å²) in [5.74, 6) is -0.974. The van der Waals surface area contributed by atoms with E-state index in [0.29, 0.717) is 24.1 Å². The summed E-state index contributed by atoms with van der Waals surface area (Å²) < 4.78 is 37.8. The third-order valence-electron chi connectivity index (χ3n) is 3.86. The van der Waals surface area contributed by atoms with E-state index in [0.717, 1.165) is 11.0 Å². The van der Waals surface area contributed by atoms with Crippen molar-refractivity contribution in [2.45, 2.75) is 37.6 Å². The molecule has 1 aliphatic rings. The average Bonchev–Trinajstić information content (AvgIpc) is 3.37. The zero-order valence-electron chi connectivity index (χ0n) is 13.4. The van der Waals surface area contributed by atoms with Crippen LogP contribution in [0.5, 0.6) is 0 Å². The molecule has 1 atom stereocenters. The lowest BCUT2D eigenvalue weighted by molar-refractivity contribution is -0.208. The molecule has 0 radical (unpaired) electrons. The van der Waals surface area contributed by atoms with Gasteiger partial charge in [0.15, 0.2) is 6.10 Å². The van der Waals surface area contributed by atoms with Crippen molar-refractivity contribution in [1.82, 2.24) is 4.90 Å². The van der Waals surface area contributed by atoms with Gasteiger partial charge in [0.25, 0.3) is 0 Å². The van der Waals surface area contributed by atoms with E-state index in [4.69, 9.17) is 0 Å². The Balaban J connectivity index is 2.11. The molecule has 8 heteroatoms. The molecule has 5 nitrogen and oxygen atoms in total. The molecule has 1 fully saturated rings. The van der Waals surface area contributed by atoms with E-state index in [1.54, 1.807) is 24.3 Å². The van der Waals surface area contributed by atoms with Crippen LogP contribution in [0.25, 0.3) is 0 Å². The number of anilines is 1. The van der Waals surface area contributed by atoms with Crippen molar-refractivity contribution in [3.05, 3.63) is 42.5 Å². The average molecular weight is 356 g/mol. The van der Waals surface area contributed by atoms with Gasteiger partial charge in [-0.15, -0.1) is 0 Å². The molecule has 1 unspecified atom stereocenters. The smallest absolute Gasteiger partial charge is 0.382 e. The quantitative estimate of drug-likeness (QED) is 0.737. The molecule has 1 aromatic carbocycles. The lowest BCUT2D eigenvalue weighted by Crippen LogP contribution is -2.45. The second-order valence-electron chi connectivity index (χ2n) is 5.86. The lowest BCUT2D eigenvalue weighted by atomic mass is 10.1. The SMILES string of the molecule is C=CC(=O)Nc1ccccc1CC(=O)N(CC(O)C(F)(F)F)C1CC1. The van der Waals surface area contributed by atoms with Crippen LogP contribution in [0.3, 0.4) is 0 Å². The molecule has 0 spiro atoms. The van der Waals surface area contributed by atoms with Crippen LogP contribution in [-0.4, -0.2) is 46.7 Å². The van der Waals surface area contributed by atoms with Gasteiger partial charge in [-0.25, -0.2) is 0 Å². The first-order chi connectivity index (χ1) is 11.7. The summed E-state index contributed by atoms with van der Waals surface area (Å²) in [7, 11) is 0. The monoisotopic (exact) mass is 356 g/mol. The number of rotatable bonds is 7. The fourth-order valence-corrected chi connectivity index (χ4v) is 2.38. The number of benzene rings is 1. The van der Waals surface area contributed by atoms with E-state index in [-0.39, 0.29) is 12.5 Å². The minimum absolute atomic E-state index is 0.172. The van der Waals surface area contributed by atoms with Crippen molar-refractivity contribution < 1.29 is 27.9 Å². The van der Waals surface area contributed by atoms with Crippen LogP contribution in [0.1, 0.15) is 18.4 Å². The van der Waals surface area contributed by atoms with Gasteiger partial charge in [-0.3, -0.25) is 9.59 Å². The highest BCUT2D eigenvalue weighted by atomic mass is 19.4. The highest BCUT2D eigenvalue weighted by molar-refractivity contribution is 5.99. The number of carbonyl (C=O) groups excluding carboxylic acids is 2. The highest BCUT2D eigenvalue weighted by Crippen LogP contribution is 2.30. The first-order valence-corrected chi connectivity index (χ1v) is 7.78. The van der Waals surface area contributed by atoms with Gasteiger partial charge in [-0.05, 0) is 30.5 Å². The van der Waals surface area contributed by atoms with Gasteiger partial charge in [0.1, 0.15) is 0 Å². The summed E-state index contributed by atoms with van der Waals surface area (Å²) in [6, 6.07) is 6.26. The molecule has 136 valence electrons. The van der Waals surface area contributed by atoms with Crippen LogP contribution in [0.15, 0.2) is 36.9 Å². The van der Waals surface area contributed by atoms with Crippen molar-refractivity contribution in [2.24, 2.45) is 0 Å². The number of alkyl halides is 3. The van der Waals surface area contributed by atoms with E-state index in [2.05, 4.69) is 11.9 Å². The van der Waals surface area contributed by atoms with Gasteiger partial charge >= 0.3 is 6.18 Å². The standard InChI is InChI=1S/C17H19F3N2O3/c1-2-15(24)21-13-6-4-3-5-11(13)9-16(25)22(12-7-8-12)10-14(23)17(18,19)20/h2-6,12,14,23H,1,7-10H2,(H,21,24). The zero-order valence-corrected chi connectivity index (χ0v) is 13.4. The maximum absolute atomic E-state index is 12.6. The number of carbonyl (C=O) groups is 2. The fourth-order valence-electron chi connectivity index (χ4n) is 2.38. The Hall–Kier alpha value is -2.35. The second-order valence-corrected chi connectivity index (χ2v) is 5.86. The summed E-state index contributed by atoms with van der Waals surface area (Å²) in [5.41, 5.74) is 0.878. The molecule has 1 aliphatic carbocycles. The van der Waals surface area contributed by atoms with E-state index < -0.39 is 30.6 Å². The van der Waals surface area contributed by atoms with Crippen molar-refractivity contribution in [3.63, 3.8) is 0 Å².